The summed E-state index contributed by atoms with van der Waals surface area (Å²) in [7, 11) is 0. The largest absolute Gasteiger partial charge is 0.493 e. The Hall–Kier alpha value is -3.58. The van der Waals surface area contributed by atoms with Crippen molar-refractivity contribution in [1.82, 2.24) is 5.32 Å². The SMILES string of the molecule is CCCOc1ccc(-c2cc(C(=O)O)ccc2F)cc1CNC(=O)c1ccc(OC(C)C)cc1Cl. The summed E-state index contributed by atoms with van der Waals surface area (Å²) < 4.78 is 25.9. The Morgan fingerprint density at radius 1 is 1.09 bits per heavy atom. The summed E-state index contributed by atoms with van der Waals surface area (Å²) in [6.07, 6.45) is 0.754. The number of rotatable bonds is 10. The molecule has 0 aliphatic heterocycles. The predicted molar refractivity (Wildman–Crippen MR) is 133 cm³/mol. The van der Waals surface area contributed by atoms with E-state index in [1.54, 1.807) is 36.4 Å². The van der Waals surface area contributed by atoms with E-state index in [9.17, 15) is 19.1 Å². The summed E-state index contributed by atoms with van der Waals surface area (Å²) in [5.41, 5.74) is 1.48. The van der Waals surface area contributed by atoms with E-state index >= 15 is 0 Å². The minimum Gasteiger partial charge on any atom is -0.493 e. The standard InChI is InChI=1S/C27H27ClFNO5/c1-4-11-34-25-10-6-17(22-13-18(27(32)33)5-9-24(22)29)12-19(25)15-30-26(31)21-8-7-20(14-23(21)28)35-16(2)3/h5-10,12-14,16H,4,11,15H2,1-3H3,(H,30,31)(H,32,33). The van der Waals surface area contributed by atoms with E-state index < -0.39 is 17.7 Å². The number of nitrogens with one attached hydrogen (secondary N) is 1. The second-order valence-electron chi connectivity index (χ2n) is 8.16. The third-order valence-electron chi connectivity index (χ3n) is 5.04. The lowest BCUT2D eigenvalue weighted by atomic mass is 9.99. The summed E-state index contributed by atoms with van der Waals surface area (Å²) >= 11 is 6.30. The van der Waals surface area contributed by atoms with Gasteiger partial charge in [0.15, 0.2) is 0 Å². The minimum atomic E-state index is -1.15. The molecule has 0 aromatic heterocycles. The molecule has 0 spiro atoms. The van der Waals surface area contributed by atoms with Crippen LogP contribution in [0.3, 0.4) is 0 Å². The lowest BCUT2D eigenvalue weighted by Crippen LogP contribution is -2.23. The van der Waals surface area contributed by atoms with Crippen molar-refractivity contribution in [3.8, 4) is 22.6 Å². The maximum atomic E-state index is 14.5. The molecule has 0 unspecified atom stereocenters. The molecular formula is C27H27ClFNO5. The zero-order valence-electron chi connectivity index (χ0n) is 19.7. The molecule has 0 bridgehead atoms. The summed E-state index contributed by atoms with van der Waals surface area (Å²) in [5, 5.41) is 12.3. The van der Waals surface area contributed by atoms with E-state index in [4.69, 9.17) is 21.1 Å². The van der Waals surface area contributed by atoms with Crippen LogP contribution in [-0.2, 0) is 6.54 Å². The van der Waals surface area contributed by atoms with E-state index in [0.29, 0.717) is 29.2 Å². The molecule has 0 aliphatic carbocycles. The Kier molecular flexibility index (Phi) is 8.71. The second kappa shape index (κ2) is 11.7. The number of ether oxygens (including phenoxy) is 2. The predicted octanol–water partition coefficient (Wildman–Crippen LogP) is 6.35. The number of carboxylic acids is 1. The Morgan fingerprint density at radius 3 is 2.51 bits per heavy atom. The maximum absolute atomic E-state index is 14.5. The Bertz CT molecular complexity index is 1230. The number of hydrogen-bond acceptors (Lipinski definition) is 4. The van der Waals surface area contributed by atoms with Crippen molar-refractivity contribution < 1.29 is 28.6 Å². The van der Waals surface area contributed by atoms with E-state index in [2.05, 4.69) is 5.32 Å². The molecule has 184 valence electrons. The van der Waals surface area contributed by atoms with Gasteiger partial charge in [0.1, 0.15) is 17.3 Å². The van der Waals surface area contributed by atoms with Crippen molar-refractivity contribution in [1.29, 1.82) is 0 Å². The number of benzene rings is 3. The van der Waals surface area contributed by atoms with Crippen molar-refractivity contribution in [2.24, 2.45) is 0 Å². The fourth-order valence-electron chi connectivity index (χ4n) is 3.41. The second-order valence-corrected chi connectivity index (χ2v) is 8.57. The molecule has 3 rings (SSSR count). The summed E-state index contributed by atoms with van der Waals surface area (Å²) in [4.78, 5) is 24.2. The molecule has 0 radical (unpaired) electrons. The lowest BCUT2D eigenvalue weighted by Gasteiger charge is -2.15. The fraction of sp³-hybridized carbons (Fsp3) is 0.259. The van der Waals surface area contributed by atoms with Crippen LogP contribution in [0.25, 0.3) is 11.1 Å². The summed E-state index contributed by atoms with van der Waals surface area (Å²) in [5.74, 6) is -0.990. The molecular weight excluding hydrogens is 473 g/mol. The van der Waals surface area contributed by atoms with Crippen molar-refractivity contribution in [3.05, 3.63) is 82.1 Å². The van der Waals surface area contributed by atoms with Gasteiger partial charge in [-0.2, -0.15) is 0 Å². The average molecular weight is 500 g/mol. The van der Waals surface area contributed by atoms with Crippen LogP contribution in [0.2, 0.25) is 5.02 Å². The van der Waals surface area contributed by atoms with Gasteiger partial charge in [0, 0.05) is 17.7 Å². The molecule has 0 atom stereocenters. The molecule has 0 aliphatic rings. The van der Waals surface area contributed by atoms with Gasteiger partial charge in [-0.15, -0.1) is 0 Å². The van der Waals surface area contributed by atoms with Gasteiger partial charge in [-0.25, -0.2) is 9.18 Å². The molecule has 3 aromatic carbocycles. The molecule has 3 aromatic rings. The van der Waals surface area contributed by atoms with Crippen molar-refractivity contribution in [2.45, 2.75) is 39.8 Å². The number of halogens is 2. The Balaban J connectivity index is 1.87. The number of aromatic carboxylic acids is 1. The lowest BCUT2D eigenvalue weighted by molar-refractivity contribution is 0.0696. The third-order valence-corrected chi connectivity index (χ3v) is 5.36. The van der Waals surface area contributed by atoms with Gasteiger partial charge in [-0.3, -0.25) is 4.79 Å². The molecule has 2 N–H and O–H groups in total. The van der Waals surface area contributed by atoms with Crippen LogP contribution in [0.5, 0.6) is 11.5 Å². The number of carbonyl (C=O) groups excluding carboxylic acids is 1. The Labute approximate surface area is 208 Å². The minimum absolute atomic E-state index is 0.0258. The first-order valence-corrected chi connectivity index (χ1v) is 11.6. The van der Waals surface area contributed by atoms with E-state index in [1.165, 1.54) is 12.1 Å². The molecule has 0 saturated heterocycles. The van der Waals surface area contributed by atoms with Crippen molar-refractivity contribution >= 4 is 23.5 Å². The maximum Gasteiger partial charge on any atom is 0.335 e. The first-order valence-electron chi connectivity index (χ1n) is 11.2. The quantitative estimate of drug-likeness (QED) is 0.339. The van der Waals surface area contributed by atoms with Crippen molar-refractivity contribution in [3.63, 3.8) is 0 Å². The normalized spacial score (nSPS) is 10.8. The van der Waals surface area contributed by atoms with Gasteiger partial charge in [0.25, 0.3) is 5.91 Å². The highest BCUT2D eigenvalue weighted by molar-refractivity contribution is 6.34. The first kappa shape index (κ1) is 26.0. The van der Waals surface area contributed by atoms with Gasteiger partial charge in [0.2, 0.25) is 0 Å². The van der Waals surface area contributed by atoms with E-state index in [-0.39, 0.29) is 34.4 Å². The zero-order valence-corrected chi connectivity index (χ0v) is 20.5. The monoisotopic (exact) mass is 499 g/mol. The van der Waals surface area contributed by atoms with Crippen molar-refractivity contribution in [2.75, 3.05) is 6.61 Å². The van der Waals surface area contributed by atoms with Crippen LogP contribution < -0.4 is 14.8 Å². The van der Waals surface area contributed by atoms with Crippen LogP contribution in [0, 0.1) is 5.82 Å². The number of carboxylic acid groups (broad SMARTS) is 1. The zero-order chi connectivity index (χ0) is 25.5. The fourth-order valence-corrected chi connectivity index (χ4v) is 3.67. The van der Waals surface area contributed by atoms with Crippen LogP contribution >= 0.6 is 11.6 Å². The summed E-state index contributed by atoms with van der Waals surface area (Å²) in [6.45, 7) is 6.31. The van der Waals surface area contributed by atoms with E-state index in [0.717, 1.165) is 12.5 Å². The highest BCUT2D eigenvalue weighted by Crippen LogP contribution is 2.30. The van der Waals surface area contributed by atoms with Crippen LogP contribution in [0.15, 0.2) is 54.6 Å². The molecule has 8 heteroatoms. The number of amides is 1. The van der Waals surface area contributed by atoms with Gasteiger partial charge in [0.05, 0.1) is 28.9 Å². The molecule has 0 saturated carbocycles. The number of carbonyl (C=O) groups is 2. The molecule has 1 amide bonds. The molecule has 6 nitrogen and oxygen atoms in total. The first-order chi connectivity index (χ1) is 16.7. The van der Waals surface area contributed by atoms with Gasteiger partial charge >= 0.3 is 5.97 Å². The van der Waals surface area contributed by atoms with Crippen LogP contribution in [0.1, 0.15) is 53.5 Å². The van der Waals surface area contributed by atoms with Crippen LogP contribution in [0.4, 0.5) is 4.39 Å². The average Bonchev–Trinajstić information content (AvgIpc) is 2.81. The van der Waals surface area contributed by atoms with Gasteiger partial charge in [-0.05, 0) is 74.4 Å². The molecule has 0 fully saturated rings. The highest BCUT2D eigenvalue weighted by atomic mass is 35.5. The van der Waals surface area contributed by atoms with E-state index in [1.807, 2.05) is 20.8 Å². The van der Waals surface area contributed by atoms with Gasteiger partial charge < -0.3 is 19.9 Å². The Morgan fingerprint density at radius 2 is 1.86 bits per heavy atom. The molecule has 0 heterocycles. The highest BCUT2D eigenvalue weighted by Gasteiger charge is 2.16. The topological polar surface area (TPSA) is 84.9 Å². The third kappa shape index (κ3) is 6.73. The summed E-state index contributed by atoms with van der Waals surface area (Å²) in [6, 6.07) is 13.5. The smallest absolute Gasteiger partial charge is 0.335 e. The van der Waals surface area contributed by atoms with Gasteiger partial charge in [-0.1, -0.05) is 24.6 Å². The van der Waals surface area contributed by atoms with Crippen LogP contribution in [-0.4, -0.2) is 29.7 Å². The molecule has 35 heavy (non-hydrogen) atoms. The number of hydrogen-bond donors (Lipinski definition) is 2.